The Hall–Kier alpha value is -1.20. The van der Waals surface area contributed by atoms with Crippen LogP contribution in [0.15, 0.2) is 47.4 Å². The van der Waals surface area contributed by atoms with Crippen molar-refractivity contribution in [3.8, 4) is 0 Å². The minimum atomic E-state index is -4.19. The summed E-state index contributed by atoms with van der Waals surface area (Å²) in [6, 6.07) is 9.70. The van der Waals surface area contributed by atoms with E-state index in [1.807, 2.05) is 0 Å². The van der Waals surface area contributed by atoms with Crippen LogP contribution in [0, 0.1) is 3.57 Å². The van der Waals surface area contributed by atoms with E-state index in [4.69, 9.17) is 23.2 Å². The van der Waals surface area contributed by atoms with E-state index in [0.717, 1.165) is 27.7 Å². The molecule has 0 aromatic heterocycles. The molecule has 1 saturated carbocycles. The SMILES string of the molecule is O=C1CC(N(C2CCCCC2)S(=O)(=O)c2cc(Cl)ccc2Cl)C(=O)N1c1ccc(I)cc1. The van der Waals surface area contributed by atoms with Gasteiger partial charge in [0.1, 0.15) is 10.9 Å². The maximum Gasteiger partial charge on any atom is 0.252 e. The quantitative estimate of drug-likeness (QED) is 0.344. The minimum Gasteiger partial charge on any atom is -0.274 e. The first-order valence-corrected chi connectivity index (χ1v) is 13.6. The van der Waals surface area contributed by atoms with Gasteiger partial charge >= 0.3 is 0 Å². The zero-order valence-corrected chi connectivity index (χ0v) is 21.5. The van der Waals surface area contributed by atoms with Gasteiger partial charge in [0.2, 0.25) is 15.9 Å². The van der Waals surface area contributed by atoms with Gasteiger partial charge in [0.15, 0.2) is 0 Å². The highest BCUT2D eigenvalue weighted by Gasteiger charge is 2.49. The molecule has 1 unspecified atom stereocenters. The topological polar surface area (TPSA) is 74.8 Å². The number of rotatable bonds is 5. The predicted octanol–water partition coefficient (Wildman–Crippen LogP) is 5.25. The fraction of sp³-hybridized carbons (Fsp3) is 0.364. The molecule has 2 aromatic rings. The molecule has 6 nitrogen and oxygen atoms in total. The third-order valence-electron chi connectivity index (χ3n) is 5.90. The number of carbonyl (C=O) groups is 2. The van der Waals surface area contributed by atoms with Gasteiger partial charge in [0, 0.05) is 14.6 Å². The molecule has 32 heavy (non-hydrogen) atoms. The number of benzene rings is 2. The van der Waals surface area contributed by atoms with Gasteiger partial charge in [-0.3, -0.25) is 9.59 Å². The number of hydrogen-bond acceptors (Lipinski definition) is 4. The van der Waals surface area contributed by atoms with E-state index in [1.54, 1.807) is 24.3 Å². The molecule has 170 valence electrons. The Morgan fingerprint density at radius 1 is 0.969 bits per heavy atom. The molecule has 0 radical (unpaired) electrons. The average molecular weight is 607 g/mol. The maximum atomic E-state index is 13.8. The van der Waals surface area contributed by atoms with Crippen LogP contribution >= 0.6 is 45.8 Å². The third kappa shape index (κ3) is 4.57. The highest BCUT2D eigenvalue weighted by atomic mass is 127. The van der Waals surface area contributed by atoms with Crippen molar-refractivity contribution in [2.75, 3.05) is 4.90 Å². The fourth-order valence-corrected chi connectivity index (χ4v) is 7.35. The maximum absolute atomic E-state index is 13.8. The number of hydrogen-bond donors (Lipinski definition) is 0. The van der Waals surface area contributed by atoms with Gasteiger partial charge in [-0.1, -0.05) is 42.5 Å². The second kappa shape index (κ2) is 9.58. The molecular formula is C22H21Cl2IN2O4S. The molecule has 1 aliphatic carbocycles. The van der Waals surface area contributed by atoms with Gasteiger partial charge in [-0.05, 0) is 77.9 Å². The Morgan fingerprint density at radius 3 is 2.28 bits per heavy atom. The molecule has 1 aliphatic heterocycles. The lowest BCUT2D eigenvalue weighted by atomic mass is 9.94. The van der Waals surface area contributed by atoms with Crippen molar-refractivity contribution in [3.63, 3.8) is 0 Å². The van der Waals surface area contributed by atoms with Crippen LogP contribution in [0.4, 0.5) is 5.69 Å². The summed E-state index contributed by atoms with van der Waals surface area (Å²) in [5.41, 5.74) is 0.435. The number of halogens is 3. The summed E-state index contributed by atoms with van der Waals surface area (Å²) < 4.78 is 29.9. The lowest BCUT2D eigenvalue weighted by Gasteiger charge is -2.36. The molecule has 2 fully saturated rings. The zero-order chi connectivity index (χ0) is 23.0. The van der Waals surface area contributed by atoms with Crippen LogP contribution < -0.4 is 4.90 Å². The first-order valence-electron chi connectivity index (χ1n) is 10.3. The first kappa shape index (κ1) is 23.9. The molecule has 2 aliphatic rings. The van der Waals surface area contributed by atoms with Crippen LogP contribution in [0.5, 0.6) is 0 Å². The molecule has 2 aromatic carbocycles. The van der Waals surface area contributed by atoms with Crippen molar-refractivity contribution in [2.24, 2.45) is 0 Å². The van der Waals surface area contributed by atoms with Crippen molar-refractivity contribution in [2.45, 2.75) is 55.5 Å². The van der Waals surface area contributed by atoms with Crippen molar-refractivity contribution in [3.05, 3.63) is 56.1 Å². The van der Waals surface area contributed by atoms with Gasteiger partial charge < -0.3 is 0 Å². The summed E-state index contributed by atoms with van der Waals surface area (Å²) in [6.07, 6.45) is 3.76. The fourth-order valence-electron chi connectivity index (χ4n) is 4.42. The van der Waals surface area contributed by atoms with Gasteiger partial charge in [-0.2, -0.15) is 4.31 Å². The lowest BCUT2D eigenvalue weighted by Crippen LogP contribution is -2.51. The number of carbonyl (C=O) groups excluding carboxylic acids is 2. The van der Waals surface area contributed by atoms with E-state index in [0.29, 0.717) is 18.5 Å². The summed E-state index contributed by atoms with van der Waals surface area (Å²) in [7, 11) is -4.19. The molecule has 0 bridgehead atoms. The van der Waals surface area contributed by atoms with Crippen molar-refractivity contribution >= 4 is 73.3 Å². The van der Waals surface area contributed by atoms with E-state index in [9.17, 15) is 18.0 Å². The van der Waals surface area contributed by atoms with Crippen LogP contribution in [0.1, 0.15) is 38.5 Å². The Morgan fingerprint density at radius 2 is 1.62 bits per heavy atom. The molecule has 2 amide bonds. The number of amides is 2. The number of sulfonamides is 1. The van der Waals surface area contributed by atoms with E-state index in [-0.39, 0.29) is 27.4 Å². The summed E-state index contributed by atoms with van der Waals surface area (Å²) in [5.74, 6) is -0.960. The van der Waals surface area contributed by atoms with E-state index in [1.165, 1.54) is 22.5 Å². The zero-order valence-electron chi connectivity index (χ0n) is 17.0. The predicted molar refractivity (Wildman–Crippen MR) is 132 cm³/mol. The van der Waals surface area contributed by atoms with Crippen LogP contribution in [0.3, 0.4) is 0 Å². The smallest absolute Gasteiger partial charge is 0.252 e. The second-order valence-electron chi connectivity index (χ2n) is 7.97. The monoisotopic (exact) mass is 606 g/mol. The molecule has 0 N–H and O–H groups in total. The number of nitrogens with zero attached hydrogens (tertiary/aromatic N) is 2. The summed E-state index contributed by atoms with van der Waals surface area (Å²) in [4.78, 5) is 27.3. The van der Waals surface area contributed by atoms with Gasteiger partial charge in [0.05, 0.1) is 17.1 Å². The summed E-state index contributed by atoms with van der Waals surface area (Å²) in [6.45, 7) is 0. The number of imide groups is 1. The Balaban J connectivity index is 1.77. The first-order chi connectivity index (χ1) is 15.2. The summed E-state index contributed by atoms with van der Waals surface area (Å²) >= 11 is 14.5. The Labute approximate surface area is 211 Å². The molecule has 10 heteroatoms. The van der Waals surface area contributed by atoms with E-state index < -0.39 is 27.9 Å². The van der Waals surface area contributed by atoms with Crippen molar-refractivity contribution in [1.82, 2.24) is 4.31 Å². The van der Waals surface area contributed by atoms with Gasteiger partial charge in [-0.25, -0.2) is 13.3 Å². The third-order valence-corrected chi connectivity index (χ3v) is 9.30. The van der Waals surface area contributed by atoms with Crippen LogP contribution in [0.25, 0.3) is 0 Å². The molecule has 4 rings (SSSR count). The largest absolute Gasteiger partial charge is 0.274 e. The van der Waals surface area contributed by atoms with Crippen LogP contribution in [-0.4, -0.2) is 36.6 Å². The molecule has 1 atom stereocenters. The van der Waals surface area contributed by atoms with Crippen molar-refractivity contribution in [1.29, 1.82) is 0 Å². The Kier molecular flexibility index (Phi) is 7.17. The van der Waals surface area contributed by atoms with Crippen LogP contribution in [-0.2, 0) is 19.6 Å². The van der Waals surface area contributed by atoms with E-state index >= 15 is 0 Å². The second-order valence-corrected chi connectivity index (χ2v) is 11.9. The van der Waals surface area contributed by atoms with Crippen LogP contribution in [0.2, 0.25) is 10.0 Å². The molecule has 1 heterocycles. The standard InChI is InChI=1S/C22H21Cl2IN2O4S/c23-14-6-11-18(24)20(12-14)32(30,31)27(17-4-2-1-3-5-17)19-13-21(28)26(22(19)29)16-9-7-15(25)8-10-16/h6-12,17,19H,1-5,13H2. The molecular weight excluding hydrogens is 586 g/mol. The van der Waals surface area contributed by atoms with Gasteiger partial charge in [-0.15, -0.1) is 0 Å². The van der Waals surface area contributed by atoms with E-state index in [2.05, 4.69) is 22.6 Å². The highest BCUT2D eigenvalue weighted by Crippen LogP contribution is 2.37. The average Bonchev–Trinajstić information content (AvgIpc) is 3.05. The van der Waals surface area contributed by atoms with Gasteiger partial charge in [0.25, 0.3) is 5.91 Å². The molecule has 0 spiro atoms. The molecule has 1 saturated heterocycles. The lowest BCUT2D eigenvalue weighted by molar-refractivity contribution is -0.122. The minimum absolute atomic E-state index is 0.0291. The normalized spacial score (nSPS) is 20.4. The highest BCUT2D eigenvalue weighted by molar-refractivity contribution is 14.1. The summed E-state index contributed by atoms with van der Waals surface area (Å²) in [5, 5.41) is 0.257. The Bertz CT molecular complexity index is 1150. The van der Waals surface area contributed by atoms with Crippen molar-refractivity contribution < 1.29 is 18.0 Å². The number of anilines is 1.